The van der Waals surface area contributed by atoms with Crippen LogP contribution in [0.2, 0.25) is 10.2 Å². The van der Waals surface area contributed by atoms with Crippen molar-refractivity contribution in [3.05, 3.63) is 52.8 Å². The van der Waals surface area contributed by atoms with Crippen molar-refractivity contribution >= 4 is 51.3 Å². The monoisotopic (exact) mass is 304 g/mol. The van der Waals surface area contributed by atoms with E-state index in [9.17, 15) is 0 Å². The van der Waals surface area contributed by atoms with Crippen LogP contribution in [0.5, 0.6) is 0 Å². The number of halogens is 2. The van der Waals surface area contributed by atoms with Gasteiger partial charge in [-0.15, -0.1) is 0 Å². The van der Waals surface area contributed by atoms with Gasteiger partial charge in [-0.25, -0.2) is 4.98 Å². The Labute approximate surface area is 125 Å². The summed E-state index contributed by atoms with van der Waals surface area (Å²) in [7, 11) is 0. The zero-order valence-electron chi connectivity index (χ0n) is 10.3. The predicted octanol–water partition coefficient (Wildman–Crippen LogP) is 4.26. The molecule has 3 aromatic rings. The highest BCUT2D eigenvalue weighted by Crippen LogP contribution is 2.30. The highest BCUT2D eigenvalue weighted by atomic mass is 35.5. The Morgan fingerprint density at radius 1 is 1.10 bits per heavy atom. The summed E-state index contributed by atoms with van der Waals surface area (Å²) in [5.41, 5.74) is 7.84. The Hall–Kier alpha value is -2.04. The number of hydrogen-bond donors (Lipinski definition) is 2. The Balaban J connectivity index is 2.09. The van der Waals surface area contributed by atoms with Crippen molar-refractivity contribution < 1.29 is 0 Å². The molecule has 20 heavy (non-hydrogen) atoms. The summed E-state index contributed by atoms with van der Waals surface area (Å²) in [5, 5.41) is 5.01. The van der Waals surface area contributed by atoms with Gasteiger partial charge >= 0.3 is 0 Å². The first kappa shape index (κ1) is 13.0. The minimum absolute atomic E-state index is 0.332. The van der Waals surface area contributed by atoms with Gasteiger partial charge in [0.1, 0.15) is 11.0 Å². The smallest absolute Gasteiger partial charge is 0.134 e. The molecule has 0 aliphatic rings. The standard InChI is InChI=1S/C14H10Cl2N4/c15-10-3-4-11(14-9(10)2-1-5-18-14)19-13-7-8(17)6-12(16)20-13/h1-7H,(H3,17,19,20). The molecule has 3 rings (SSSR count). The van der Waals surface area contributed by atoms with Crippen LogP contribution in [-0.4, -0.2) is 9.97 Å². The predicted molar refractivity (Wildman–Crippen MR) is 83.7 cm³/mol. The number of pyridine rings is 2. The van der Waals surface area contributed by atoms with E-state index in [1.54, 1.807) is 18.3 Å². The van der Waals surface area contributed by atoms with Gasteiger partial charge in [-0.1, -0.05) is 23.2 Å². The molecule has 0 fully saturated rings. The van der Waals surface area contributed by atoms with Gasteiger partial charge in [0.2, 0.25) is 0 Å². The van der Waals surface area contributed by atoms with Crippen LogP contribution < -0.4 is 11.1 Å². The van der Waals surface area contributed by atoms with Crippen LogP contribution in [0, 0.1) is 0 Å². The molecule has 2 aromatic heterocycles. The molecule has 0 aliphatic heterocycles. The number of aromatic nitrogens is 2. The second kappa shape index (κ2) is 5.15. The van der Waals surface area contributed by atoms with Gasteiger partial charge < -0.3 is 11.1 Å². The summed E-state index contributed by atoms with van der Waals surface area (Å²) in [6.07, 6.45) is 1.71. The van der Waals surface area contributed by atoms with Gasteiger partial charge in [0, 0.05) is 23.3 Å². The van der Waals surface area contributed by atoms with E-state index in [0.29, 0.717) is 21.7 Å². The minimum Gasteiger partial charge on any atom is -0.399 e. The topological polar surface area (TPSA) is 63.8 Å². The van der Waals surface area contributed by atoms with Crippen molar-refractivity contribution in [2.45, 2.75) is 0 Å². The van der Waals surface area contributed by atoms with Crippen molar-refractivity contribution in [2.75, 3.05) is 11.1 Å². The molecular weight excluding hydrogens is 295 g/mol. The van der Waals surface area contributed by atoms with E-state index >= 15 is 0 Å². The fourth-order valence-corrected chi connectivity index (χ4v) is 2.39. The van der Waals surface area contributed by atoms with Gasteiger partial charge in [0.05, 0.1) is 16.2 Å². The number of hydrogen-bond acceptors (Lipinski definition) is 4. The highest BCUT2D eigenvalue weighted by molar-refractivity contribution is 6.35. The first-order valence-corrected chi connectivity index (χ1v) is 6.62. The number of anilines is 3. The van der Waals surface area contributed by atoms with Crippen molar-refractivity contribution in [2.24, 2.45) is 0 Å². The molecule has 100 valence electrons. The van der Waals surface area contributed by atoms with Crippen LogP contribution in [0.1, 0.15) is 0 Å². The van der Waals surface area contributed by atoms with Gasteiger partial charge in [-0.3, -0.25) is 4.98 Å². The molecule has 6 heteroatoms. The molecule has 0 unspecified atom stereocenters. The average molecular weight is 305 g/mol. The third kappa shape index (κ3) is 2.48. The molecule has 2 heterocycles. The van der Waals surface area contributed by atoms with Crippen LogP contribution >= 0.6 is 23.2 Å². The number of nitrogens with zero attached hydrogens (tertiary/aromatic N) is 2. The van der Waals surface area contributed by atoms with Crippen molar-refractivity contribution in [1.29, 1.82) is 0 Å². The summed E-state index contributed by atoms with van der Waals surface area (Å²) in [5.74, 6) is 0.560. The van der Waals surface area contributed by atoms with Gasteiger partial charge in [-0.2, -0.15) is 0 Å². The van der Waals surface area contributed by atoms with E-state index in [2.05, 4.69) is 15.3 Å². The van der Waals surface area contributed by atoms with Gasteiger partial charge in [0.15, 0.2) is 0 Å². The summed E-state index contributed by atoms with van der Waals surface area (Å²) < 4.78 is 0. The molecule has 0 amide bonds. The lowest BCUT2D eigenvalue weighted by molar-refractivity contribution is 1.31. The Kier molecular flexibility index (Phi) is 3.34. The molecule has 0 spiro atoms. The maximum Gasteiger partial charge on any atom is 0.134 e. The summed E-state index contributed by atoms with van der Waals surface area (Å²) >= 11 is 12.0. The third-order valence-electron chi connectivity index (χ3n) is 2.80. The van der Waals surface area contributed by atoms with E-state index in [1.165, 1.54) is 0 Å². The molecule has 3 N–H and O–H groups in total. The molecule has 0 bridgehead atoms. The Morgan fingerprint density at radius 2 is 1.95 bits per heavy atom. The van der Waals surface area contributed by atoms with Crippen LogP contribution in [0.15, 0.2) is 42.6 Å². The Morgan fingerprint density at radius 3 is 2.75 bits per heavy atom. The second-order valence-corrected chi connectivity index (χ2v) is 5.02. The molecule has 1 aromatic carbocycles. The first-order chi connectivity index (χ1) is 9.63. The summed E-state index contributed by atoms with van der Waals surface area (Å²) in [4.78, 5) is 8.52. The highest BCUT2D eigenvalue weighted by Gasteiger charge is 2.07. The molecule has 0 aliphatic carbocycles. The average Bonchev–Trinajstić information content (AvgIpc) is 2.41. The number of nitrogens with two attached hydrogens (primary N) is 1. The number of benzene rings is 1. The maximum absolute atomic E-state index is 6.16. The molecule has 0 atom stereocenters. The molecule has 0 saturated heterocycles. The fraction of sp³-hybridized carbons (Fsp3) is 0. The number of nitrogens with one attached hydrogen (secondary N) is 1. The number of fused-ring (bicyclic) bond motifs is 1. The Bertz CT molecular complexity index is 769. The summed E-state index contributed by atoms with van der Waals surface area (Å²) in [6.45, 7) is 0. The molecule has 0 saturated carbocycles. The third-order valence-corrected chi connectivity index (χ3v) is 3.32. The number of nitrogen functional groups attached to an aromatic ring is 1. The van der Waals surface area contributed by atoms with Gasteiger partial charge in [-0.05, 0) is 30.3 Å². The van der Waals surface area contributed by atoms with E-state index in [-0.39, 0.29) is 0 Å². The molecule has 0 radical (unpaired) electrons. The van der Waals surface area contributed by atoms with Crippen molar-refractivity contribution in [3.63, 3.8) is 0 Å². The van der Waals surface area contributed by atoms with Crippen molar-refractivity contribution in [3.8, 4) is 0 Å². The zero-order chi connectivity index (χ0) is 14.1. The van der Waals surface area contributed by atoms with E-state index in [4.69, 9.17) is 28.9 Å². The zero-order valence-corrected chi connectivity index (χ0v) is 11.8. The second-order valence-electron chi connectivity index (χ2n) is 4.23. The number of rotatable bonds is 2. The maximum atomic E-state index is 6.16. The normalized spacial score (nSPS) is 10.7. The molecule has 4 nitrogen and oxygen atoms in total. The van der Waals surface area contributed by atoms with Gasteiger partial charge in [0.25, 0.3) is 0 Å². The quantitative estimate of drug-likeness (QED) is 0.694. The van der Waals surface area contributed by atoms with E-state index in [0.717, 1.165) is 16.6 Å². The largest absolute Gasteiger partial charge is 0.399 e. The van der Waals surface area contributed by atoms with E-state index in [1.807, 2.05) is 24.3 Å². The van der Waals surface area contributed by atoms with Crippen molar-refractivity contribution in [1.82, 2.24) is 9.97 Å². The van der Waals surface area contributed by atoms with Crippen LogP contribution in [0.4, 0.5) is 17.2 Å². The van der Waals surface area contributed by atoms with Crippen LogP contribution in [0.3, 0.4) is 0 Å². The lowest BCUT2D eigenvalue weighted by Gasteiger charge is -2.10. The summed E-state index contributed by atoms with van der Waals surface area (Å²) in [6, 6.07) is 10.7. The fourth-order valence-electron chi connectivity index (χ4n) is 1.96. The van der Waals surface area contributed by atoms with Crippen LogP contribution in [0.25, 0.3) is 10.9 Å². The lowest BCUT2D eigenvalue weighted by atomic mass is 10.2. The minimum atomic E-state index is 0.332. The molecular formula is C14H10Cl2N4. The first-order valence-electron chi connectivity index (χ1n) is 5.87. The SMILES string of the molecule is Nc1cc(Cl)nc(Nc2ccc(Cl)c3cccnc23)c1. The van der Waals surface area contributed by atoms with E-state index < -0.39 is 0 Å². The van der Waals surface area contributed by atoms with Crippen LogP contribution in [-0.2, 0) is 0 Å². The lowest BCUT2D eigenvalue weighted by Crippen LogP contribution is -1.97.